The molecule has 0 spiro atoms. The van der Waals surface area contributed by atoms with E-state index in [0.29, 0.717) is 18.1 Å². The molecule has 2 aliphatic carbocycles. The topological polar surface area (TPSA) is 35.5 Å². The first kappa shape index (κ1) is 25.5. The van der Waals surface area contributed by atoms with Gasteiger partial charge < -0.3 is 9.47 Å². The lowest BCUT2D eigenvalue weighted by molar-refractivity contribution is 0.0734. The molecule has 0 aromatic heterocycles. The van der Waals surface area contributed by atoms with E-state index in [1.807, 2.05) is 0 Å². The van der Waals surface area contributed by atoms with Crippen molar-refractivity contribution in [2.75, 3.05) is 6.61 Å². The third kappa shape index (κ3) is 6.74. The summed E-state index contributed by atoms with van der Waals surface area (Å²) in [6.45, 7) is 6.30. The molecule has 0 saturated heterocycles. The van der Waals surface area contributed by atoms with E-state index in [2.05, 4.69) is 13.5 Å². The monoisotopic (exact) mass is 478 g/mol. The molecule has 2 aromatic carbocycles. The number of hydrogen-bond donors (Lipinski definition) is 0. The Balaban J connectivity index is 1.32. The molecule has 1 unspecified atom stereocenters. The van der Waals surface area contributed by atoms with E-state index in [4.69, 9.17) is 9.47 Å². The minimum absolute atomic E-state index is 0.236. The number of esters is 1. The molecule has 0 radical (unpaired) electrons. The molecule has 4 atom stereocenters. The van der Waals surface area contributed by atoms with Crippen LogP contribution in [0.4, 0.5) is 4.39 Å². The number of unbranched alkanes of at least 4 members (excludes halogenated alkanes) is 2. The third-order valence-corrected chi connectivity index (χ3v) is 8.02. The van der Waals surface area contributed by atoms with Crippen molar-refractivity contribution in [3.8, 4) is 11.5 Å². The fourth-order valence-electron chi connectivity index (χ4n) is 6.12. The minimum Gasteiger partial charge on any atom is -0.490 e. The lowest BCUT2D eigenvalue weighted by Crippen LogP contribution is -2.30. The Morgan fingerprint density at radius 3 is 2.49 bits per heavy atom. The molecule has 2 aromatic rings. The second-order valence-electron chi connectivity index (χ2n) is 10.4. The maximum Gasteiger partial charge on any atom is 0.343 e. The molecule has 0 bridgehead atoms. The largest absolute Gasteiger partial charge is 0.490 e. The summed E-state index contributed by atoms with van der Waals surface area (Å²) >= 11 is 0. The van der Waals surface area contributed by atoms with Crippen molar-refractivity contribution in [2.45, 2.75) is 77.0 Å². The van der Waals surface area contributed by atoms with Crippen LogP contribution in [0.2, 0.25) is 0 Å². The second-order valence-corrected chi connectivity index (χ2v) is 10.4. The van der Waals surface area contributed by atoms with Gasteiger partial charge in [0.1, 0.15) is 23.9 Å². The highest BCUT2D eigenvalue weighted by atomic mass is 19.1. The van der Waals surface area contributed by atoms with Crippen LogP contribution in [0.5, 0.6) is 11.5 Å². The fourth-order valence-corrected chi connectivity index (χ4v) is 6.12. The lowest BCUT2D eigenvalue weighted by atomic mass is 9.63. The number of rotatable bonds is 10. The fraction of sp³-hybridized carbons (Fsp3) is 0.516. The van der Waals surface area contributed by atoms with E-state index >= 15 is 4.39 Å². The van der Waals surface area contributed by atoms with Crippen LogP contribution >= 0.6 is 0 Å². The predicted molar refractivity (Wildman–Crippen MR) is 139 cm³/mol. The SMILES string of the molecule is C=CCOc1ccc(OC(=O)c2ccc(C3CC[C@H]4C[C@@H](CCCCC)CC[C@@H]4C3)c(F)c2)cc1. The molecule has 2 aliphatic rings. The van der Waals surface area contributed by atoms with Crippen molar-refractivity contribution >= 4 is 5.97 Å². The van der Waals surface area contributed by atoms with Crippen LogP contribution in [-0.4, -0.2) is 12.6 Å². The summed E-state index contributed by atoms with van der Waals surface area (Å²) in [5.74, 6) is 2.91. The molecule has 0 heterocycles. The number of carbonyl (C=O) groups excluding carboxylic acids is 1. The van der Waals surface area contributed by atoms with Crippen LogP contribution in [0.1, 0.15) is 93.0 Å². The Morgan fingerprint density at radius 1 is 1.00 bits per heavy atom. The molecule has 3 nitrogen and oxygen atoms in total. The van der Waals surface area contributed by atoms with Crippen LogP contribution < -0.4 is 9.47 Å². The molecule has 35 heavy (non-hydrogen) atoms. The molecule has 4 rings (SSSR count). The summed E-state index contributed by atoms with van der Waals surface area (Å²) in [6.07, 6.45) is 14.4. The second kappa shape index (κ2) is 12.4. The molecule has 188 valence electrons. The van der Waals surface area contributed by atoms with E-state index < -0.39 is 5.97 Å². The number of carbonyl (C=O) groups is 1. The van der Waals surface area contributed by atoms with Crippen LogP contribution in [0.15, 0.2) is 55.1 Å². The summed E-state index contributed by atoms with van der Waals surface area (Å²) in [5.41, 5.74) is 0.994. The van der Waals surface area contributed by atoms with Crippen molar-refractivity contribution in [3.63, 3.8) is 0 Å². The predicted octanol–water partition coefficient (Wildman–Crippen LogP) is 8.49. The Hall–Kier alpha value is -2.62. The average Bonchev–Trinajstić information content (AvgIpc) is 2.88. The van der Waals surface area contributed by atoms with Crippen molar-refractivity contribution < 1.29 is 18.7 Å². The molecular formula is C31H39FO3. The van der Waals surface area contributed by atoms with Crippen molar-refractivity contribution in [1.29, 1.82) is 0 Å². The zero-order valence-corrected chi connectivity index (χ0v) is 21.0. The van der Waals surface area contributed by atoms with Gasteiger partial charge in [-0.2, -0.15) is 0 Å². The van der Waals surface area contributed by atoms with E-state index in [1.165, 1.54) is 57.4 Å². The summed E-state index contributed by atoms with van der Waals surface area (Å²) in [7, 11) is 0. The number of benzene rings is 2. The van der Waals surface area contributed by atoms with Crippen LogP contribution in [0, 0.1) is 23.6 Å². The summed E-state index contributed by atoms with van der Waals surface area (Å²) < 4.78 is 26.0. The number of fused-ring (bicyclic) bond motifs is 1. The molecule has 4 heteroatoms. The highest BCUT2D eigenvalue weighted by Crippen LogP contribution is 2.48. The maximum atomic E-state index is 15.1. The summed E-state index contributed by atoms with van der Waals surface area (Å²) in [5, 5.41) is 0. The van der Waals surface area contributed by atoms with Gasteiger partial charge in [0.25, 0.3) is 0 Å². The van der Waals surface area contributed by atoms with Gasteiger partial charge in [0.2, 0.25) is 0 Å². The van der Waals surface area contributed by atoms with Crippen LogP contribution in [0.3, 0.4) is 0 Å². The smallest absolute Gasteiger partial charge is 0.343 e. The van der Waals surface area contributed by atoms with Crippen LogP contribution in [-0.2, 0) is 0 Å². The van der Waals surface area contributed by atoms with Gasteiger partial charge in [0, 0.05) is 0 Å². The van der Waals surface area contributed by atoms with Gasteiger partial charge in [-0.25, -0.2) is 9.18 Å². The standard InChI is InChI=1S/C31H39FO3/c1-3-5-6-7-22-8-9-24-20-25(11-10-23(24)19-22)29-17-12-26(21-30(29)32)31(33)35-28-15-13-27(14-16-28)34-18-4-2/h4,12-17,21-25H,2-3,5-11,18-20H2,1H3/t22-,23-,24+,25?/m0/s1. The maximum absolute atomic E-state index is 15.1. The van der Waals surface area contributed by atoms with Gasteiger partial charge in [-0.05, 0) is 97.7 Å². The number of hydrogen-bond acceptors (Lipinski definition) is 3. The summed E-state index contributed by atoms with van der Waals surface area (Å²) in [6, 6.07) is 11.6. The van der Waals surface area contributed by atoms with Gasteiger partial charge in [-0.15, -0.1) is 0 Å². The van der Waals surface area contributed by atoms with Gasteiger partial charge >= 0.3 is 5.97 Å². The van der Waals surface area contributed by atoms with Gasteiger partial charge in [0.15, 0.2) is 0 Å². The molecule has 0 amide bonds. The Bertz CT molecular complexity index is 983. The van der Waals surface area contributed by atoms with Crippen LogP contribution in [0.25, 0.3) is 0 Å². The highest BCUT2D eigenvalue weighted by molar-refractivity contribution is 5.91. The van der Waals surface area contributed by atoms with Gasteiger partial charge in [-0.1, -0.05) is 57.7 Å². The molecular weight excluding hydrogens is 439 g/mol. The Kier molecular flexibility index (Phi) is 9.01. The first-order valence-electron chi connectivity index (χ1n) is 13.4. The average molecular weight is 479 g/mol. The Labute approximate surface area is 209 Å². The van der Waals surface area contributed by atoms with Crippen molar-refractivity contribution in [3.05, 3.63) is 72.1 Å². The quantitative estimate of drug-likeness (QED) is 0.149. The van der Waals surface area contributed by atoms with E-state index in [-0.39, 0.29) is 17.3 Å². The van der Waals surface area contributed by atoms with Crippen molar-refractivity contribution in [1.82, 2.24) is 0 Å². The molecule has 2 saturated carbocycles. The zero-order valence-electron chi connectivity index (χ0n) is 21.0. The number of halogens is 1. The molecule has 2 fully saturated rings. The zero-order chi connectivity index (χ0) is 24.6. The van der Waals surface area contributed by atoms with E-state index in [9.17, 15) is 4.79 Å². The summed E-state index contributed by atoms with van der Waals surface area (Å²) in [4.78, 5) is 12.6. The first-order valence-corrected chi connectivity index (χ1v) is 13.4. The molecule has 0 N–H and O–H groups in total. The minimum atomic E-state index is -0.555. The van der Waals surface area contributed by atoms with E-state index in [1.54, 1.807) is 42.5 Å². The van der Waals surface area contributed by atoms with Gasteiger partial charge in [0.05, 0.1) is 5.56 Å². The molecule has 0 aliphatic heterocycles. The van der Waals surface area contributed by atoms with E-state index in [0.717, 1.165) is 36.2 Å². The Morgan fingerprint density at radius 2 is 1.74 bits per heavy atom. The normalized spacial score (nSPS) is 23.8. The number of ether oxygens (including phenoxy) is 2. The highest BCUT2D eigenvalue weighted by Gasteiger charge is 2.36. The van der Waals surface area contributed by atoms with Gasteiger partial charge in [-0.3, -0.25) is 0 Å². The first-order chi connectivity index (χ1) is 17.1. The van der Waals surface area contributed by atoms with Crippen molar-refractivity contribution in [2.24, 2.45) is 17.8 Å². The third-order valence-electron chi connectivity index (χ3n) is 8.02. The lowest BCUT2D eigenvalue weighted by Gasteiger charge is -2.42.